The highest BCUT2D eigenvalue weighted by atomic mass is 15.1. The largest absolute Gasteiger partial charge is 0.314 e. The highest BCUT2D eigenvalue weighted by molar-refractivity contribution is 4.81. The molecular formula is C14H26N2. The molecule has 0 aliphatic heterocycles. The zero-order valence-electron chi connectivity index (χ0n) is 10.5. The van der Waals surface area contributed by atoms with E-state index in [2.05, 4.69) is 23.4 Å². The molecule has 0 bridgehead atoms. The van der Waals surface area contributed by atoms with Crippen LogP contribution in [0.4, 0.5) is 0 Å². The molecule has 1 N–H and O–H groups in total. The molecule has 1 aliphatic carbocycles. The highest BCUT2D eigenvalue weighted by Crippen LogP contribution is 2.18. The predicted molar refractivity (Wildman–Crippen MR) is 71.7 cm³/mol. The third-order valence-corrected chi connectivity index (χ3v) is 2.94. The summed E-state index contributed by atoms with van der Waals surface area (Å²) in [5.41, 5.74) is 0. The van der Waals surface area contributed by atoms with Crippen molar-refractivity contribution in [1.82, 2.24) is 10.2 Å². The van der Waals surface area contributed by atoms with Crippen LogP contribution >= 0.6 is 0 Å². The minimum absolute atomic E-state index is 0.859. The van der Waals surface area contributed by atoms with E-state index in [0.717, 1.165) is 19.1 Å². The van der Waals surface area contributed by atoms with Crippen LogP contribution in [0.15, 0.2) is 25.3 Å². The predicted octanol–water partition coefficient (Wildman–Crippen LogP) is 2.58. The number of hydrogen-bond donors (Lipinski definition) is 1. The lowest BCUT2D eigenvalue weighted by Gasteiger charge is -2.18. The Morgan fingerprint density at radius 3 is 2.31 bits per heavy atom. The molecule has 0 saturated heterocycles. The molecule has 2 heteroatoms. The van der Waals surface area contributed by atoms with Gasteiger partial charge in [0.25, 0.3) is 0 Å². The zero-order chi connectivity index (χ0) is 11.6. The average molecular weight is 222 g/mol. The number of rotatable bonds is 11. The molecule has 1 aliphatic rings. The zero-order valence-corrected chi connectivity index (χ0v) is 10.5. The van der Waals surface area contributed by atoms with Crippen LogP contribution in [0.25, 0.3) is 0 Å². The Kier molecular flexibility index (Phi) is 7.19. The van der Waals surface area contributed by atoms with E-state index in [1.54, 1.807) is 0 Å². The van der Waals surface area contributed by atoms with Gasteiger partial charge in [0.05, 0.1) is 0 Å². The topological polar surface area (TPSA) is 15.3 Å². The summed E-state index contributed by atoms with van der Waals surface area (Å²) in [7, 11) is 0. The minimum atomic E-state index is 0.859. The molecule has 1 saturated carbocycles. The second-order valence-electron chi connectivity index (χ2n) is 4.63. The number of nitrogens with one attached hydrogen (secondary N) is 1. The van der Waals surface area contributed by atoms with Crippen molar-refractivity contribution in [2.45, 2.75) is 38.1 Å². The van der Waals surface area contributed by atoms with Gasteiger partial charge in [-0.25, -0.2) is 0 Å². The molecule has 0 amide bonds. The highest BCUT2D eigenvalue weighted by Gasteiger charge is 2.19. The van der Waals surface area contributed by atoms with E-state index in [9.17, 15) is 0 Å². The van der Waals surface area contributed by atoms with Gasteiger partial charge < -0.3 is 5.32 Å². The maximum absolute atomic E-state index is 3.78. The molecule has 0 radical (unpaired) electrons. The lowest BCUT2D eigenvalue weighted by molar-refractivity contribution is 0.325. The summed E-state index contributed by atoms with van der Waals surface area (Å²) in [5.74, 6) is 0. The second-order valence-corrected chi connectivity index (χ2v) is 4.63. The first kappa shape index (κ1) is 13.5. The van der Waals surface area contributed by atoms with E-state index in [-0.39, 0.29) is 0 Å². The lowest BCUT2D eigenvalue weighted by Crippen LogP contribution is -2.25. The van der Waals surface area contributed by atoms with Crippen molar-refractivity contribution in [3.05, 3.63) is 25.3 Å². The van der Waals surface area contributed by atoms with Crippen LogP contribution < -0.4 is 5.32 Å². The van der Waals surface area contributed by atoms with Gasteiger partial charge in [-0.05, 0) is 38.8 Å². The van der Waals surface area contributed by atoms with Crippen LogP contribution in [0, 0.1) is 0 Å². The van der Waals surface area contributed by atoms with E-state index >= 15 is 0 Å². The molecule has 16 heavy (non-hydrogen) atoms. The first-order valence-corrected chi connectivity index (χ1v) is 6.54. The molecule has 0 aromatic heterocycles. The van der Waals surface area contributed by atoms with Gasteiger partial charge in [0, 0.05) is 19.1 Å². The van der Waals surface area contributed by atoms with Gasteiger partial charge in [-0.1, -0.05) is 18.6 Å². The molecule has 0 heterocycles. The number of nitrogens with zero attached hydrogens (tertiary/aromatic N) is 1. The van der Waals surface area contributed by atoms with E-state index in [4.69, 9.17) is 0 Å². The maximum Gasteiger partial charge on any atom is 0.0163 e. The molecule has 1 rings (SSSR count). The van der Waals surface area contributed by atoms with Crippen LogP contribution in [0.2, 0.25) is 0 Å². The van der Waals surface area contributed by atoms with Gasteiger partial charge in [0.15, 0.2) is 0 Å². The summed E-state index contributed by atoms with van der Waals surface area (Å²) in [4.78, 5) is 2.38. The van der Waals surface area contributed by atoms with E-state index < -0.39 is 0 Å². The summed E-state index contributed by atoms with van der Waals surface area (Å²) in [6, 6.07) is 0.859. The van der Waals surface area contributed by atoms with Crippen LogP contribution in [0.3, 0.4) is 0 Å². The van der Waals surface area contributed by atoms with Gasteiger partial charge in [0.2, 0.25) is 0 Å². The number of hydrogen-bond acceptors (Lipinski definition) is 2. The Labute approximate surface area is 100 Å². The van der Waals surface area contributed by atoms with Crippen molar-refractivity contribution in [1.29, 1.82) is 0 Å². The third-order valence-electron chi connectivity index (χ3n) is 2.94. The quantitative estimate of drug-likeness (QED) is 0.427. The van der Waals surface area contributed by atoms with Crippen molar-refractivity contribution in [3.63, 3.8) is 0 Å². The summed E-state index contributed by atoms with van der Waals surface area (Å²) >= 11 is 0. The first-order chi connectivity index (χ1) is 7.86. The Bertz CT molecular complexity index is 187. The van der Waals surface area contributed by atoms with Gasteiger partial charge in [-0.2, -0.15) is 0 Å². The molecular weight excluding hydrogens is 196 g/mol. The summed E-state index contributed by atoms with van der Waals surface area (Å²) in [5, 5.41) is 3.55. The summed E-state index contributed by atoms with van der Waals surface area (Å²) in [6.07, 6.45) is 10.7. The third kappa shape index (κ3) is 6.81. The van der Waals surface area contributed by atoms with Crippen LogP contribution in [-0.4, -0.2) is 37.1 Å². The molecule has 0 unspecified atom stereocenters. The Morgan fingerprint density at radius 2 is 1.75 bits per heavy atom. The van der Waals surface area contributed by atoms with Crippen molar-refractivity contribution in [3.8, 4) is 0 Å². The molecule has 1 fully saturated rings. The van der Waals surface area contributed by atoms with Gasteiger partial charge in [-0.3, -0.25) is 4.90 Å². The van der Waals surface area contributed by atoms with E-state index in [0.29, 0.717) is 0 Å². The van der Waals surface area contributed by atoms with Crippen molar-refractivity contribution >= 4 is 0 Å². The van der Waals surface area contributed by atoms with Crippen molar-refractivity contribution in [2.24, 2.45) is 0 Å². The molecule has 0 atom stereocenters. The Balaban J connectivity index is 1.89. The molecule has 0 spiro atoms. The normalized spacial score (nSPS) is 15.3. The number of unbranched alkanes of at least 4 members (excludes halogenated alkanes) is 2. The summed E-state index contributed by atoms with van der Waals surface area (Å²) in [6.45, 7) is 11.9. The Hall–Kier alpha value is -0.600. The fraction of sp³-hybridized carbons (Fsp3) is 0.714. The van der Waals surface area contributed by atoms with Crippen LogP contribution in [0.1, 0.15) is 32.1 Å². The van der Waals surface area contributed by atoms with Crippen molar-refractivity contribution in [2.75, 3.05) is 26.2 Å². The summed E-state index contributed by atoms with van der Waals surface area (Å²) < 4.78 is 0. The molecule has 0 aromatic rings. The minimum Gasteiger partial charge on any atom is -0.314 e. The average Bonchev–Trinajstić information content (AvgIpc) is 3.07. The van der Waals surface area contributed by atoms with Gasteiger partial charge in [0.1, 0.15) is 0 Å². The van der Waals surface area contributed by atoms with Crippen LogP contribution in [0.5, 0.6) is 0 Å². The molecule has 0 aromatic carbocycles. The maximum atomic E-state index is 3.78. The SMILES string of the molecule is C=CCN(CC=C)CCCCCNC1CC1. The first-order valence-electron chi connectivity index (χ1n) is 6.54. The fourth-order valence-corrected chi connectivity index (χ4v) is 1.85. The van der Waals surface area contributed by atoms with Gasteiger partial charge >= 0.3 is 0 Å². The fourth-order valence-electron chi connectivity index (χ4n) is 1.85. The Morgan fingerprint density at radius 1 is 1.06 bits per heavy atom. The smallest absolute Gasteiger partial charge is 0.0163 e. The van der Waals surface area contributed by atoms with Crippen LogP contribution in [-0.2, 0) is 0 Å². The molecule has 92 valence electrons. The van der Waals surface area contributed by atoms with E-state index in [1.807, 2.05) is 12.2 Å². The molecule has 2 nitrogen and oxygen atoms in total. The van der Waals surface area contributed by atoms with Gasteiger partial charge in [-0.15, -0.1) is 13.2 Å². The second kappa shape index (κ2) is 8.54. The lowest BCUT2D eigenvalue weighted by atomic mass is 10.2. The standard InChI is InChI=1S/C14H26N2/c1-3-11-16(12-4-2)13-7-5-6-10-15-14-8-9-14/h3-4,14-15H,1-2,5-13H2. The van der Waals surface area contributed by atoms with Crippen molar-refractivity contribution < 1.29 is 0 Å². The monoisotopic (exact) mass is 222 g/mol. The van der Waals surface area contributed by atoms with E-state index in [1.165, 1.54) is 45.2 Å².